The van der Waals surface area contributed by atoms with Crippen LogP contribution in [0.4, 0.5) is 8.78 Å². The van der Waals surface area contributed by atoms with Crippen molar-refractivity contribution in [2.45, 2.75) is 52.9 Å². The third-order valence-corrected chi connectivity index (χ3v) is 3.44. The van der Waals surface area contributed by atoms with Gasteiger partial charge in [0.1, 0.15) is 0 Å². The molecule has 1 saturated heterocycles. The summed E-state index contributed by atoms with van der Waals surface area (Å²) >= 11 is 0. The third-order valence-electron chi connectivity index (χ3n) is 3.44. The number of piperidine rings is 1. The number of rotatable bonds is 4. The molecule has 1 heterocycles. The lowest BCUT2D eigenvalue weighted by Crippen LogP contribution is -2.48. The Hall–Kier alpha value is -0.220. The zero-order chi connectivity index (χ0) is 12.3. The minimum atomic E-state index is -2.65. The second kappa shape index (κ2) is 5.92. The molecule has 1 aliphatic heterocycles. The van der Waals surface area contributed by atoms with E-state index in [0.717, 1.165) is 13.0 Å². The minimum Gasteiger partial charge on any atom is -0.318 e. The van der Waals surface area contributed by atoms with E-state index < -0.39 is 6.61 Å². The number of alkyl halides is 2. The Bertz CT molecular complexity index is 193. The predicted molar refractivity (Wildman–Crippen MR) is 60.5 cm³/mol. The molecule has 0 saturated carbocycles. The Kier molecular flexibility index (Phi) is 5.12. The van der Waals surface area contributed by atoms with E-state index in [2.05, 4.69) is 37.3 Å². The van der Waals surface area contributed by atoms with Crippen LogP contribution in [-0.4, -0.2) is 36.7 Å². The first kappa shape index (κ1) is 13.8. The maximum atomic E-state index is 12.2. The number of ether oxygens (including phenoxy) is 1. The Balaban J connectivity index is 2.59. The average molecular weight is 235 g/mol. The molecule has 2 atom stereocenters. The highest BCUT2D eigenvalue weighted by Gasteiger charge is 2.31. The Morgan fingerprint density at radius 2 is 1.75 bits per heavy atom. The van der Waals surface area contributed by atoms with Crippen LogP contribution in [0.15, 0.2) is 0 Å². The quantitative estimate of drug-likeness (QED) is 0.742. The van der Waals surface area contributed by atoms with Gasteiger partial charge in [0.05, 0.1) is 6.10 Å². The van der Waals surface area contributed by atoms with Crippen molar-refractivity contribution in [3.8, 4) is 0 Å². The average Bonchev–Trinajstić information content (AvgIpc) is 2.15. The minimum absolute atomic E-state index is 0.316. The Morgan fingerprint density at radius 3 is 2.19 bits per heavy atom. The fourth-order valence-corrected chi connectivity index (χ4v) is 2.27. The van der Waals surface area contributed by atoms with Crippen molar-refractivity contribution >= 4 is 0 Å². The van der Waals surface area contributed by atoms with Crippen LogP contribution in [0.5, 0.6) is 0 Å². The highest BCUT2D eigenvalue weighted by molar-refractivity contribution is 4.83. The molecule has 2 nitrogen and oxygen atoms in total. The normalized spacial score (nSPS) is 28.3. The summed E-state index contributed by atoms with van der Waals surface area (Å²) in [6.07, 6.45) is 0.439. The largest absolute Gasteiger partial charge is 0.345 e. The molecule has 96 valence electrons. The first-order chi connectivity index (χ1) is 7.40. The Morgan fingerprint density at radius 1 is 1.12 bits per heavy atom. The van der Waals surface area contributed by atoms with E-state index in [4.69, 9.17) is 0 Å². The van der Waals surface area contributed by atoms with E-state index in [1.54, 1.807) is 0 Å². The lowest BCUT2D eigenvalue weighted by atomic mass is 9.86. The van der Waals surface area contributed by atoms with Crippen LogP contribution in [0.3, 0.4) is 0 Å². The maximum Gasteiger partial charge on any atom is 0.345 e. The lowest BCUT2D eigenvalue weighted by molar-refractivity contribution is -0.182. The molecule has 0 aromatic rings. The molecule has 0 radical (unpaired) electrons. The maximum absolute atomic E-state index is 12.2. The second-order valence-electron chi connectivity index (χ2n) is 5.31. The van der Waals surface area contributed by atoms with E-state index in [0.29, 0.717) is 24.4 Å². The molecule has 16 heavy (non-hydrogen) atoms. The highest BCUT2D eigenvalue weighted by Crippen LogP contribution is 2.27. The summed E-state index contributed by atoms with van der Waals surface area (Å²) in [7, 11) is 0. The molecule has 1 rings (SSSR count). The molecule has 1 aliphatic rings. The second-order valence-corrected chi connectivity index (χ2v) is 5.31. The van der Waals surface area contributed by atoms with Gasteiger partial charge in [0.15, 0.2) is 0 Å². The molecule has 4 heteroatoms. The van der Waals surface area contributed by atoms with Gasteiger partial charge in [0, 0.05) is 19.1 Å². The zero-order valence-corrected chi connectivity index (χ0v) is 10.6. The van der Waals surface area contributed by atoms with E-state index in [1.807, 2.05) is 0 Å². The van der Waals surface area contributed by atoms with Crippen LogP contribution >= 0.6 is 0 Å². The van der Waals surface area contributed by atoms with Gasteiger partial charge in [0.25, 0.3) is 0 Å². The molecule has 0 aliphatic carbocycles. The van der Waals surface area contributed by atoms with Crippen molar-refractivity contribution in [1.82, 2.24) is 4.90 Å². The Labute approximate surface area is 97.0 Å². The summed E-state index contributed by atoms with van der Waals surface area (Å²) in [6.45, 7) is 7.47. The lowest BCUT2D eigenvalue weighted by Gasteiger charge is -2.41. The number of likely N-dealkylation sites (tertiary alicyclic amines) is 1. The molecule has 0 aromatic carbocycles. The van der Waals surface area contributed by atoms with Crippen molar-refractivity contribution in [1.29, 1.82) is 0 Å². The molecule has 0 spiro atoms. The molecule has 0 N–H and O–H groups in total. The van der Waals surface area contributed by atoms with Gasteiger partial charge in [0.2, 0.25) is 0 Å². The summed E-state index contributed by atoms with van der Waals surface area (Å²) in [4.78, 5) is 2.24. The molecule has 0 amide bonds. The van der Waals surface area contributed by atoms with Crippen molar-refractivity contribution < 1.29 is 13.5 Å². The van der Waals surface area contributed by atoms with Gasteiger partial charge in [-0.2, -0.15) is 8.78 Å². The van der Waals surface area contributed by atoms with Gasteiger partial charge in [-0.1, -0.05) is 13.8 Å². The number of halogens is 2. The highest BCUT2D eigenvalue weighted by atomic mass is 19.3. The number of nitrogens with zero attached hydrogens (tertiary/aromatic N) is 1. The van der Waals surface area contributed by atoms with Crippen molar-refractivity contribution in [2.75, 3.05) is 13.1 Å². The summed E-state index contributed by atoms with van der Waals surface area (Å²) in [5.41, 5.74) is 0. The summed E-state index contributed by atoms with van der Waals surface area (Å²) in [5, 5.41) is 0. The first-order valence-electron chi connectivity index (χ1n) is 6.07. The summed E-state index contributed by atoms with van der Waals surface area (Å²) < 4.78 is 29.1. The van der Waals surface area contributed by atoms with E-state index in [9.17, 15) is 8.78 Å². The van der Waals surface area contributed by atoms with Gasteiger partial charge in [-0.25, -0.2) is 0 Å². The fraction of sp³-hybridized carbons (Fsp3) is 1.00. The molecular weight excluding hydrogens is 212 g/mol. The smallest absolute Gasteiger partial charge is 0.318 e. The molecule has 1 fully saturated rings. The molecule has 0 aromatic heterocycles. The SMILES string of the molecule is CC(C)C1CC(OC(F)F)CN(C(C)C)C1. The van der Waals surface area contributed by atoms with Gasteiger partial charge >= 0.3 is 6.61 Å². The van der Waals surface area contributed by atoms with Crippen LogP contribution in [0.2, 0.25) is 0 Å². The van der Waals surface area contributed by atoms with Crippen LogP contribution < -0.4 is 0 Å². The van der Waals surface area contributed by atoms with Crippen LogP contribution in [0, 0.1) is 11.8 Å². The van der Waals surface area contributed by atoms with Crippen molar-refractivity contribution in [2.24, 2.45) is 11.8 Å². The van der Waals surface area contributed by atoms with E-state index >= 15 is 0 Å². The standard InChI is InChI=1S/C12H23F2NO/c1-8(2)10-5-11(16-12(13)14)7-15(6-10)9(3)4/h8-12H,5-7H2,1-4H3. The number of hydrogen-bond acceptors (Lipinski definition) is 2. The monoisotopic (exact) mass is 235 g/mol. The first-order valence-corrected chi connectivity index (χ1v) is 6.07. The zero-order valence-electron chi connectivity index (χ0n) is 10.6. The third kappa shape index (κ3) is 3.98. The molecule has 2 unspecified atom stereocenters. The predicted octanol–water partition coefficient (Wildman–Crippen LogP) is 2.98. The van der Waals surface area contributed by atoms with Crippen LogP contribution in [0.1, 0.15) is 34.1 Å². The summed E-state index contributed by atoms with van der Waals surface area (Å²) in [6, 6.07) is 0.394. The molecular formula is C12H23F2NO. The van der Waals surface area contributed by atoms with Gasteiger partial charge in [-0.15, -0.1) is 0 Å². The van der Waals surface area contributed by atoms with Gasteiger partial charge in [-0.3, -0.25) is 4.90 Å². The molecule has 0 bridgehead atoms. The van der Waals surface area contributed by atoms with Crippen molar-refractivity contribution in [3.05, 3.63) is 0 Å². The number of hydrogen-bond donors (Lipinski definition) is 0. The van der Waals surface area contributed by atoms with E-state index in [1.165, 1.54) is 0 Å². The topological polar surface area (TPSA) is 12.5 Å². The van der Waals surface area contributed by atoms with Crippen LogP contribution in [-0.2, 0) is 4.74 Å². The van der Waals surface area contributed by atoms with E-state index in [-0.39, 0.29) is 6.10 Å². The fourth-order valence-electron chi connectivity index (χ4n) is 2.27. The van der Waals surface area contributed by atoms with Crippen molar-refractivity contribution in [3.63, 3.8) is 0 Å². The summed E-state index contributed by atoms with van der Waals surface area (Å²) in [5.74, 6) is 0.977. The van der Waals surface area contributed by atoms with Gasteiger partial charge < -0.3 is 4.74 Å². The van der Waals surface area contributed by atoms with Gasteiger partial charge in [-0.05, 0) is 32.1 Å². The van der Waals surface area contributed by atoms with Crippen LogP contribution in [0.25, 0.3) is 0 Å².